The zero-order valence-electron chi connectivity index (χ0n) is 8.17. The predicted molar refractivity (Wildman–Crippen MR) is 54.5 cm³/mol. The number of nitrogens with zero attached hydrogens (tertiary/aromatic N) is 2. The maximum Gasteiger partial charge on any atom is 0.179 e. The molecule has 0 aliphatic heterocycles. The highest BCUT2D eigenvalue weighted by molar-refractivity contribution is 6.18. The van der Waals surface area contributed by atoms with E-state index in [2.05, 4.69) is 13.1 Å². The quantitative estimate of drug-likeness (QED) is 0.398. The molecule has 0 bridgehead atoms. The molecule has 2 unspecified atom stereocenters. The van der Waals surface area contributed by atoms with Crippen molar-refractivity contribution in [2.45, 2.75) is 38.6 Å². The van der Waals surface area contributed by atoms with Gasteiger partial charge >= 0.3 is 0 Å². The topological polar surface area (TPSA) is 27.0 Å². The van der Waals surface area contributed by atoms with Crippen LogP contribution in [0.25, 0.3) is 0 Å². The SMILES string of the molecule is CC1CCCCC1N(C#N)CCCl. The molecule has 0 radical (unpaired) electrons. The summed E-state index contributed by atoms with van der Waals surface area (Å²) in [7, 11) is 0. The zero-order valence-corrected chi connectivity index (χ0v) is 8.93. The first-order chi connectivity index (χ1) is 6.29. The van der Waals surface area contributed by atoms with Crippen LogP contribution in [0.15, 0.2) is 0 Å². The lowest BCUT2D eigenvalue weighted by atomic mass is 9.85. The minimum absolute atomic E-state index is 0.442. The van der Waals surface area contributed by atoms with Crippen LogP contribution < -0.4 is 0 Å². The molecule has 0 aromatic heterocycles. The Morgan fingerprint density at radius 3 is 2.69 bits per heavy atom. The summed E-state index contributed by atoms with van der Waals surface area (Å²) >= 11 is 5.65. The summed E-state index contributed by atoms with van der Waals surface area (Å²) < 4.78 is 0. The summed E-state index contributed by atoms with van der Waals surface area (Å²) in [5.74, 6) is 1.20. The highest BCUT2D eigenvalue weighted by atomic mass is 35.5. The van der Waals surface area contributed by atoms with E-state index in [1.165, 1.54) is 19.3 Å². The molecule has 74 valence electrons. The van der Waals surface area contributed by atoms with Gasteiger partial charge in [0.15, 0.2) is 6.19 Å². The second-order valence-electron chi connectivity index (χ2n) is 3.81. The van der Waals surface area contributed by atoms with Crippen molar-refractivity contribution in [3.05, 3.63) is 0 Å². The molecule has 0 spiro atoms. The minimum Gasteiger partial charge on any atom is -0.306 e. The maximum absolute atomic E-state index is 8.94. The first-order valence-corrected chi connectivity index (χ1v) is 5.55. The summed E-state index contributed by atoms with van der Waals surface area (Å²) in [6, 6.07) is 0.442. The molecule has 0 N–H and O–H groups in total. The third kappa shape index (κ3) is 2.77. The van der Waals surface area contributed by atoms with Crippen LogP contribution in [-0.4, -0.2) is 23.4 Å². The third-order valence-electron chi connectivity index (χ3n) is 2.92. The molecule has 0 saturated heterocycles. The smallest absolute Gasteiger partial charge is 0.179 e. The molecule has 0 aromatic carbocycles. The van der Waals surface area contributed by atoms with Crippen LogP contribution in [0.4, 0.5) is 0 Å². The molecule has 13 heavy (non-hydrogen) atoms. The van der Waals surface area contributed by atoms with Crippen molar-refractivity contribution in [2.24, 2.45) is 5.92 Å². The first kappa shape index (κ1) is 10.7. The number of hydrogen-bond donors (Lipinski definition) is 0. The summed E-state index contributed by atoms with van der Waals surface area (Å²) in [6.07, 6.45) is 7.24. The first-order valence-electron chi connectivity index (χ1n) is 5.02. The molecule has 0 amide bonds. The summed E-state index contributed by atoms with van der Waals surface area (Å²) in [4.78, 5) is 1.86. The van der Waals surface area contributed by atoms with Gasteiger partial charge in [-0.25, -0.2) is 0 Å². The lowest BCUT2D eigenvalue weighted by Gasteiger charge is -2.34. The van der Waals surface area contributed by atoms with E-state index >= 15 is 0 Å². The Bertz CT molecular complexity index is 188. The van der Waals surface area contributed by atoms with Crippen molar-refractivity contribution >= 4 is 11.6 Å². The van der Waals surface area contributed by atoms with E-state index in [-0.39, 0.29) is 0 Å². The van der Waals surface area contributed by atoms with Crippen LogP contribution in [0.1, 0.15) is 32.6 Å². The van der Waals surface area contributed by atoms with Crippen molar-refractivity contribution in [3.8, 4) is 6.19 Å². The van der Waals surface area contributed by atoms with Crippen molar-refractivity contribution in [1.82, 2.24) is 4.90 Å². The molecule has 1 aliphatic rings. The molecule has 2 atom stereocenters. The standard InChI is InChI=1S/C10H17ClN2/c1-9-4-2-3-5-10(9)13(8-12)7-6-11/h9-10H,2-7H2,1H3. The number of rotatable bonds is 3. The van der Waals surface area contributed by atoms with Crippen LogP contribution in [0, 0.1) is 17.4 Å². The Kier molecular flexibility index (Phi) is 4.38. The molecule has 1 rings (SSSR count). The normalized spacial score (nSPS) is 28.1. The van der Waals surface area contributed by atoms with E-state index in [1.54, 1.807) is 0 Å². The van der Waals surface area contributed by atoms with Gasteiger partial charge in [-0.15, -0.1) is 11.6 Å². The van der Waals surface area contributed by atoms with Gasteiger partial charge in [0.2, 0.25) is 0 Å². The van der Waals surface area contributed by atoms with Gasteiger partial charge in [0.05, 0.1) is 0 Å². The average molecular weight is 201 g/mol. The van der Waals surface area contributed by atoms with Gasteiger partial charge in [-0.2, -0.15) is 5.26 Å². The summed E-state index contributed by atoms with van der Waals surface area (Å²) in [5, 5.41) is 8.94. The van der Waals surface area contributed by atoms with Crippen molar-refractivity contribution in [2.75, 3.05) is 12.4 Å². The highest BCUT2D eigenvalue weighted by Crippen LogP contribution is 2.27. The lowest BCUT2D eigenvalue weighted by Crippen LogP contribution is -2.39. The van der Waals surface area contributed by atoms with Crippen LogP contribution in [-0.2, 0) is 0 Å². The number of hydrogen-bond acceptors (Lipinski definition) is 2. The van der Waals surface area contributed by atoms with Crippen LogP contribution in [0.2, 0.25) is 0 Å². The zero-order chi connectivity index (χ0) is 9.68. The second kappa shape index (κ2) is 5.34. The van der Waals surface area contributed by atoms with Crippen LogP contribution in [0.3, 0.4) is 0 Å². The maximum atomic E-state index is 8.94. The molecule has 1 saturated carbocycles. The molecular formula is C10H17ClN2. The van der Waals surface area contributed by atoms with Crippen molar-refractivity contribution < 1.29 is 0 Å². The van der Waals surface area contributed by atoms with Gasteiger partial charge in [-0.1, -0.05) is 19.8 Å². The number of alkyl halides is 1. The van der Waals surface area contributed by atoms with Gasteiger partial charge in [0.25, 0.3) is 0 Å². The fraction of sp³-hybridized carbons (Fsp3) is 0.900. The molecule has 0 aromatic rings. The van der Waals surface area contributed by atoms with Gasteiger partial charge in [-0.05, 0) is 18.8 Å². The predicted octanol–water partition coefficient (Wildman–Crippen LogP) is 2.59. The minimum atomic E-state index is 0.442. The van der Waals surface area contributed by atoms with Crippen molar-refractivity contribution in [1.29, 1.82) is 5.26 Å². The van der Waals surface area contributed by atoms with E-state index in [0.717, 1.165) is 6.42 Å². The Balaban J connectivity index is 2.51. The van der Waals surface area contributed by atoms with E-state index < -0.39 is 0 Å². The second-order valence-corrected chi connectivity index (χ2v) is 4.19. The summed E-state index contributed by atoms with van der Waals surface area (Å²) in [6.45, 7) is 2.94. The largest absolute Gasteiger partial charge is 0.306 e. The molecule has 0 heterocycles. The Labute approximate surface area is 85.5 Å². The fourth-order valence-corrected chi connectivity index (χ4v) is 2.32. The summed E-state index contributed by atoms with van der Waals surface area (Å²) in [5.41, 5.74) is 0. The van der Waals surface area contributed by atoms with Gasteiger partial charge in [0.1, 0.15) is 0 Å². The van der Waals surface area contributed by atoms with Crippen LogP contribution in [0.5, 0.6) is 0 Å². The van der Waals surface area contributed by atoms with E-state index in [4.69, 9.17) is 16.9 Å². The lowest BCUT2D eigenvalue weighted by molar-refractivity contribution is 0.175. The molecule has 2 nitrogen and oxygen atoms in total. The van der Waals surface area contributed by atoms with E-state index in [9.17, 15) is 0 Å². The number of halogens is 1. The highest BCUT2D eigenvalue weighted by Gasteiger charge is 2.25. The third-order valence-corrected chi connectivity index (χ3v) is 3.09. The van der Waals surface area contributed by atoms with Gasteiger partial charge < -0.3 is 4.90 Å². The van der Waals surface area contributed by atoms with Gasteiger partial charge in [0, 0.05) is 18.5 Å². The molecule has 1 aliphatic carbocycles. The average Bonchev–Trinajstić information content (AvgIpc) is 2.16. The number of nitriles is 1. The Hall–Kier alpha value is -0.420. The molecule has 3 heteroatoms. The molecular weight excluding hydrogens is 184 g/mol. The van der Waals surface area contributed by atoms with E-state index in [1.807, 2.05) is 4.90 Å². The van der Waals surface area contributed by atoms with Crippen LogP contribution >= 0.6 is 11.6 Å². The molecule has 1 fully saturated rings. The Morgan fingerprint density at radius 2 is 2.15 bits per heavy atom. The fourth-order valence-electron chi connectivity index (χ4n) is 2.14. The Morgan fingerprint density at radius 1 is 1.46 bits per heavy atom. The van der Waals surface area contributed by atoms with Crippen molar-refractivity contribution in [3.63, 3.8) is 0 Å². The van der Waals surface area contributed by atoms with Gasteiger partial charge in [-0.3, -0.25) is 0 Å². The monoisotopic (exact) mass is 200 g/mol. The van der Waals surface area contributed by atoms with E-state index in [0.29, 0.717) is 24.4 Å².